The summed E-state index contributed by atoms with van der Waals surface area (Å²) in [6.07, 6.45) is 0.331. The maximum atomic E-state index is 12.2. The number of aliphatic hydroxyl groups is 1. The summed E-state index contributed by atoms with van der Waals surface area (Å²) in [7, 11) is 0. The molecule has 88 valence electrons. The van der Waals surface area contributed by atoms with Crippen molar-refractivity contribution in [3.63, 3.8) is 0 Å². The average Bonchev–Trinajstić information content (AvgIpc) is 2.20. The summed E-state index contributed by atoms with van der Waals surface area (Å²) < 4.78 is 12.2. The molecule has 0 aliphatic carbocycles. The number of hydrogen-bond acceptors (Lipinski definition) is 2. The molecule has 0 saturated carbocycles. The van der Waals surface area contributed by atoms with Crippen LogP contribution >= 0.6 is 11.6 Å². The van der Waals surface area contributed by atoms with Crippen LogP contribution in [0, 0.1) is 5.92 Å². The molecule has 0 aromatic rings. The van der Waals surface area contributed by atoms with Crippen LogP contribution in [0.2, 0.25) is 0 Å². The fourth-order valence-electron chi connectivity index (χ4n) is 1.90. The van der Waals surface area contributed by atoms with Crippen LogP contribution in [-0.4, -0.2) is 47.2 Å². The first kappa shape index (κ1) is 12.7. The van der Waals surface area contributed by atoms with Crippen molar-refractivity contribution in [2.75, 3.05) is 19.8 Å². The number of piperidine rings is 1. The molecule has 1 fully saturated rings. The molecule has 1 saturated heterocycles. The third kappa shape index (κ3) is 3.31. The molecule has 0 aromatic heterocycles. The van der Waals surface area contributed by atoms with E-state index < -0.39 is 18.2 Å². The summed E-state index contributed by atoms with van der Waals surface area (Å²) in [5, 5.41) is 9.05. The zero-order valence-corrected chi connectivity index (χ0v) is 9.58. The summed E-state index contributed by atoms with van der Waals surface area (Å²) in [6, 6.07) is 0. The lowest BCUT2D eigenvalue weighted by Gasteiger charge is -2.36. The number of alkyl halides is 2. The fraction of sp³-hybridized carbons (Fsp3) is 0.900. The molecule has 1 aliphatic heterocycles. The minimum absolute atomic E-state index is 0.132. The lowest BCUT2D eigenvalue weighted by molar-refractivity contribution is -0.134. The van der Waals surface area contributed by atoms with Crippen molar-refractivity contribution in [2.24, 2.45) is 5.92 Å². The summed E-state index contributed by atoms with van der Waals surface area (Å²) in [5.74, 6) is -0.282. The topological polar surface area (TPSA) is 40.5 Å². The quantitative estimate of drug-likeness (QED) is 0.749. The van der Waals surface area contributed by atoms with Crippen LogP contribution in [0.5, 0.6) is 0 Å². The Morgan fingerprint density at radius 3 is 2.93 bits per heavy atom. The minimum atomic E-state index is -0.550. The Bertz CT molecular complexity index is 225. The Morgan fingerprint density at radius 2 is 2.40 bits per heavy atom. The van der Waals surface area contributed by atoms with Gasteiger partial charge in [-0.25, -0.2) is 0 Å². The number of amides is 1. The van der Waals surface area contributed by atoms with Crippen LogP contribution in [0.3, 0.4) is 0 Å². The highest BCUT2D eigenvalue weighted by atomic mass is 35.5. The Hall–Kier alpha value is -0.350. The predicted molar refractivity (Wildman–Crippen MR) is 56.6 cm³/mol. The van der Waals surface area contributed by atoms with Gasteiger partial charge in [-0.05, 0) is 19.8 Å². The van der Waals surface area contributed by atoms with Crippen LogP contribution in [0.25, 0.3) is 0 Å². The second kappa shape index (κ2) is 5.66. The van der Waals surface area contributed by atoms with Crippen molar-refractivity contribution >= 4 is 17.5 Å². The van der Waals surface area contributed by atoms with Gasteiger partial charge in [0.25, 0.3) is 0 Å². The Kier molecular flexibility index (Phi) is 4.80. The molecule has 3 nitrogen and oxygen atoms in total. The molecule has 0 radical (unpaired) electrons. The number of likely N-dealkylation sites (tertiary alicyclic amines) is 1. The van der Waals surface area contributed by atoms with E-state index in [1.54, 1.807) is 11.8 Å². The first-order chi connectivity index (χ1) is 7.06. The lowest BCUT2D eigenvalue weighted by atomic mass is 9.92. The van der Waals surface area contributed by atoms with E-state index >= 15 is 0 Å². The highest BCUT2D eigenvalue weighted by Gasteiger charge is 2.31. The average molecular weight is 238 g/mol. The molecule has 3 unspecified atom stereocenters. The minimum Gasteiger partial charge on any atom is -0.393 e. The van der Waals surface area contributed by atoms with Crippen LogP contribution in [0.15, 0.2) is 0 Å². The second-order valence-electron chi connectivity index (χ2n) is 3.99. The van der Waals surface area contributed by atoms with Crippen LogP contribution < -0.4 is 0 Å². The Labute approximate surface area is 94.2 Å². The van der Waals surface area contributed by atoms with Crippen molar-refractivity contribution in [1.82, 2.24) is 4.90 Å². The van der Waals surface area contributed by atoms with E-state index in [2.05, 4.69) is 0 Å². The number of carbonyl (C=O) groups excluding carboxylic acids is 1. The first-order valence-corrected chi connectivity index (χ1v) is 5.66. The van der Waals surface area contributed by atoms with Gasteiger partial charge in [-0.15, -0.1) is 11.6 Å². The van der Waals surface area contributed by atoms with Gasteiger partial charge in [0.05, 0.1) is 12.8 Å². The molecule has 1 amide bonds. The molecule has 5 heteroatoms. The summed E-state index contributed by atoms with van der Waals surface area (Å²) in [6.45, 7) is 2.10. The zero-order valence-electron chi connectivity index (χ0n) is 8.83. The number of carbonyl (C=O) groups is 1. The van der Waals surface area contributed by atoms with Gasteiger partial charge in [0, 0.05) is 19.0 Å². The molecule has 0 aromatic carbocycles. The molecular weight excluding hydrogens is 221 g/mol. The molecule has 1 aliphatic rings. The number of aliphatic hydroxyl groups excluding tert-OH is 1. The van der Waals surface area contributed by atoms with E-state index in [4.69, 9.17) is 11.6 Å². The van der Waals surface area contributed by atoms with Gasteiger partial charge in [0.15, 0.2) is 0 Å². The van der Waals surface area contributed by atoms with Crippen molar-refractivity contribution in [1.29, 1.82) is 0 Å². The maximum Gasteiger partial charge on any atom is 0.240 e. The molecule has 1 heterocycles. The van der Waals surface area contributed by atoms with Gasteiger partial charge in [0.1, 0.15) is 5.38 Å². The normalized spacial score (nSPS) is 28.9. The van der Waals surface area contributed by atoms with Gasteiger partial charge in [-0.3, -0.25) is 9.18 Å². The summed E-state index contributed by atoms with van der Waals surface area (Å²) >= 11 is 5.69. The lowest BCUT2D eigenvalue weighted by Crippen LogP contribution is -2.48. The number of nitrogens with zero attached hydrogens (tertiary/aromatic N) is 1. The van der Waals surface area contributed by atoms with Crippen molar-refractivity contribution in [2.45, 2.75) is 31.2 Å². The Balaban J connectivity index is 2.53. The molecule has 0 bridgehead atoms. The molecule has 1 rings (SSSR count). The third-order valence-electron chi connectivity index (χ3n) is 2.83. The van der Waals surface area contributed by atoms with E-state index in [0.29, 0.717) is 25.9 Å². The molecule has 3 atom stereocenters. The van der Waals surface area contributed by atoms with E-state index in [1.807, 2.05) is 0 Å². The molecular formula is C10H17ClFNO2. The summed E-state index contributed by atoms with van der Waals surface area (Å²) in [4.78, 5) is 13.2. The number of hydrogen-bond donors (Lipinski definition) is 1. The molecule has 0 spiro atoms. The standard InChI is InChI=1S/C10H17ClFNO2/c1-7(11)10(15)13-5-3-9(14)8(6-13)2-4-12/h7-9,14H,2-6H2,1H3. The largest absolute Gasteiger partial charge is 0.393 e. The highest BCUT2D eigenvalue weighted by Crippen LogP contribution is 2.21. The first-order valence-electron chi connectivity index (χ1n) is 5.23. The smallest absolute Gasteiger partial charge is 0.240 e. The third-order valence-corrected chi connectivity index (χ3v) is 3.01. The predicted octanol–water partition coefficient (Wildman–Crippen LogP) is 1.18. The van der Waals surface area contributed by atoms with E-state index in [1.165, 1.54) is 0 Å². The Morgan fingerprint density at radius 1 is 1.73 bits per heavy atom. The van der Waals surface area contributed by atoms with Gasteiger partial charge in [-0.2, -0.15) is 0 Å². The number of halogens is 2. The van der Waals surface area contributed by atoms with Gasteiger partial charge >= 0.3 is 0 Å². The summed E-state index contributed by atoms with van der Waals surface area (Å²) in [5.41, 5.74) is 0. The zero-order chi connectivity index (χ0) is 11.4. The van der Waals surface area contributed by atoms with Crippen molar-refractivity contribution < 1.29 is 14.3 Å². The van der Waals surface area contributed by atoms with E-state index in [9.17, 15) is 14.3 Å². The van der Waals surface area contributed by atoms with Crippen LogP contribution in [0.1, 0.15) is 19.8 Å². The molecule has 1 N–H and O–H groups in total. The van der Waals surface area contributed by atoms with Gasteiger partial charge in [0.2, 0.25) is 5.91 Å². The highest BCUT2D eigenvalue weighted by molar-refractivity contribution is 6.30. The second-order valence-corrected chi connectivity index (χ2v) is 4.65. The molecule has 15 heavy (non-hydrogen) atoms. The monoisotopic (exact) mass is 237 g/mol. The number of rotatable bonds is 3. The van der Waals surface area contributed by atoms with E-state index in [0.717, 1.165) is 0 Å². The van der Waals surface area contributed by atoms with Crippen LogP contribution in [0.4, 0.5) is 4.39 Å². The van der Waals surface area contributed by atoms with Gasteiger partial charge < -0.3 is 10.0 Å². The van der Waals surface area contributed by atoms with Crippen molar-refractivity contribution in [3.05, 3.63) is 0 Å². The fourth-order valence-corrected chi connectivity index (χ4v) is 2.03. The maximum absolute atomic E-state index is 12.2. The van der Waals surface area contributed by atoms with E-state index in [-0.39, 0.29) is 11.8 Å². The van der Waals surface area contributed by atoms with Crippen LogP contribution in [-0.2, 0) is 4.79 Å². The van der Waals surface area contributed by atoms with Gasteiger partial charge in [-0.1, -0.05) is 0 Å². The SMILES string of the molecule is CC(Cl)C(=O)N1CCC(O)C(CCF)C1. The van der Waals surface area contributed by atoms with Crippen molar-refractivity contribution in [3.8, 4) is 0 Å².